The molecule has 0 saturated carbocycles. The Labute approximate surface area is 153 Å². The minimum atomic E-state index is -4.54. The summed E-state index contributed by atoms with van der Waals surface area (Å²) in [6.45, 7) is -0.110. The highest BCUT2D eigenvalue weighted by Gasteiger charge is 2.30. The SMILES string of the molecule is O=S(=O)(NCC[C@H](O)c1cc2ccccc2o1)c1ccc(C(F)(F)F)cc1. The van der Waals surface area contributed by atoms with Crippen LogP contribution in [0.15, 0.2) is 63.9 Å². The van der Waals surface area contributed by atoms with Gasteiger partial charge in [-0.1, -0.05) is 18.2 Å². The summed E-state index contributed by atoms with van der Waals surface area (Å²) in [5.41, 5.74) is -0.321. The van der Waals surface area contributed by atoms with Crippen molar-refractivity contribution in [1.82, 2.24) is 4.72 Å². The van der Waals surface area contributed by atoms with Gasteiger partial charge in [0.15, 0.2) is 0 Å². The van der Waals surface area contributed by atoms with Crippen LogP contribution in [-0.4, -0.2) is 20.1 Å². The van der Waals surface area contributed by atoms with Crippen molar-refractivity contribution in [3.05, 3.63) is 65.9 Å². The molecule has 9 heteroatoms. The Bertz CT molecular complexity index is 994. The predicted molar refractivity (Wildman–Crippen MR) is 92.4 cm³/mol. The molecule has 144 valence electrons. The number of fused-ring (bicyclic) bond motifs is 1. The van der Waals surface area contributed by atoms with E-state index in [9.17, 15) is 26.7 Å². The Hall–Kier alpha value is -2.36. The summed E-state index contributed by atoms with van der Waals surface area (Å²) in [6.07, 6.45) is -5.51. The monoisotopic (exact) mass is 399 g/mol. The standard InChI is InChI=1S/C18H16F3NO4S/c19-18(20,21)13-5-7-14(8-6-13)27(24,25)22-10-9-15(23)17-11-12-3-1-2-4-16(12)26-17/h1-8,11,15,22-23H,9-10H2/t15-/m0/s1. The molecule has 1 atom stereocenters. The van der Waals surface area contributed by atoms with E-state index in [4.69, 9.17) is 4.42 Å². The van der Waals surface area contributed by atoms with Crippen molar-refractivity contribution in [1.29, 1.82) is 0 Å². The third-order valence-corrected chi connectivity index (χ3v) is 5.45. The molecule has 0 aliphatic heterocycles. The van der Waals surface area contributed by atoms with Gasteiger partial charge in [-0.25, -0.2) is 13.1 Å². The van der Waals surface area contributed by atoms with E-state index < -0.39 is 27.9 Å². The quantitative estimate of drug-likeness (QED) is 0.660. The van der Waals surface area contributed by atoms with Crippen LogP contribution in [0.1, 0.15) is 23.8 Å². The lowest BCUT2D eigenvalue weighted by Gasteiger charge is -2.11. The largest absolute Gasteiger partial charge is 0.458 e. The second-order valence-corrected chi connectivity index (χ2v) is 7.68. The summed E-state index contributed by atoms with van der Waals surface area (Å²) in [6, 6.07) is 12.1. The molecular formula is C18H16F3NO4S. The summed E-state index contributed by atoms with van der Waals surface area (Å²) in [5, 5.41) is 11.0. The topological polar surface area (TPSA) is 79.5 Å². The van der Waals surface area contributed by atoms with E-state index in [0.717, 1.165) is 17.5 Å². The lowest BCUT2D eigenvalue weighted by molar-refractivity contribution is -0.137. The van der Waals surface area contributed by atoms with Gasteiger partial charge in [0.25, 0.3) is 0 Å². The van der Waals surface area contributed by atoms with Crippen LogP contribution in [-0.2, 0) is 16.2 Å². The van der Waals surface area contributed by atoms with E-state index in [0.29, 0.717) is 23.5 Å². The van der Waals surface area contributed by atoms with E-state index >= 15 is 0 Å². The van der Waals surface area contributed by atoms with Gasteiger partial charge < -0.3 is 9.52 Å². The fourth-order valence-electron chi connectivity index (χ4n) is 2.55. The fourth-order valence-corrected chi connectivity index (χ4v) is 3.59. The molecule has 27 heavy (non-hydrogen) atoms. The molecule has 3 aromatic rings. The number of hydrogen-bond acceptors (Lipinski definition) is 4. The van der Waals surface area contributed by atoms with Gasteiger partial charge in [-0.05, 0) is 42.8 Å². The second kappa shape index (κ2) is 7.34. The van der Waals surface area contributed by atoms with Gasteiger partial charge in [0.1, 0.15) is 17.4 Å². The fraction of sp³-hybridized carbons (Fsp3) is 0.222. The molecule has 0 amide bonds. The van der Waals surface area contributed by atoms with Crippen LogP contribution in [0.3, 0.4) is 0 Å². The van der Waals surface area contributed by atoms with Crippen molar-refractivity contribution in [3.63, 3.8) is 0 Å². The van der Waals surface area contributed by atoms with Crippen molar-refractivity contribution >= 4 is 21.0 Å². The van der Waals surface area contributed by atoms with E-state index in [-0.39, 0.29) is 17.9 Å². The van der Waals surface area contributed by atoms with Crippen molar-refractivity contribution in [2.24, 2.45) is 0 Å². The molecule has 2 aromatic carbocycles. The highest BCUT2D eigenvalue weighted by Crippen LogP contribution is 2.30. The summed E-state index contributed by atoms with van der Waals surface area (Å²) < 4.78 is 69.7. The molecule has 2 N–H and O–H groups in total. The number of sulfonamides is 1. The highest BCUT2D eigenvalue weighted by molar-refractivity contribution is 7.89. The number of benzene rings is 2. The predicted octanol–water partition coefficient (Wildman–Crippen LogP) is 3.85. The summed E-state index contributed by atoms with van der Waals surface area (Å²) in [5.74, 6) is 0.310. The minimum Gasteiger partial charge on any atom is -0.458 e. The van der Waals surface area contributed by atoms with E-state index in [2.05, 4.69) is 4.72 Å². The average molecular weight is 399 g/mol. The van der Waals surface area contributed by atoms with Gasteiger partial charge in [0.05, 0.1) is 10.5 Å². The molecule has 3 rings (SSSR count). The average Bonchev–Trinajstić information content (AvgIpc) is 3.05. The zero-order valence-corrected chi connectivity index (χ0v) is 14.7. The van der Waals surface area contributed by atoms with Gasteiger partial charge in [-0.3, -0.25) is 0 Å². The maximum absolute atomic E-state index is 12.5. The molecule has 1 aromatic heterocycles. The first-order valence-electron chi connectivity index (χ1n) is 8.00. The minimum absolute atomic E-state index is 0.0414. The molecule has 1 heterocycles. The number of halogens is 3. The van der Waals surface area contributed by atoms with Crippen LogP contribution in [0.4, 0.5) is 13.2 Å². The van der Waals surface area contributed by atoms with Crippen LogP contribution < -0.4 is 4.72 Å². The third-order valence-electron chi connectivity index (χ3n) is 3.97. The smallest absolute Gasteiger partial charge is 0.416 e. The van der Waals surface area contributed by atoms with Crippen molar-refractivity contribution in [3.8, 4) is 0 Å². The van der Waals surface area contributed by atoms with Crippen molar-refractivity contribution in [2.75, 3.05) is 6.54 Å². The number of rotatable bonds is 6. The first kappa shape index (κ1) is 19.4. The first-order chi connectivity index (χ1) is 12.7. The van der Waals surface area contributed by atoms with Crippen LogP contribution in [0.2, 0.25) is 0 Å². The molecule has 0 spiro atoms. The normalized spacial score (nSPS) is 13.8. The maximum Gasteiger partial charge on any atom is 0.416 e. The number of furan rings is 1. The Kier molecular flexibility index (Phi) is 5.27. The van der Waals surface area contributed by atoms with Crippen LogP contribution in [0.5, 0.6) is 0 Å². The van der Waals surface area contributed by atoms with E-state index in [1.54, 1.807) is 18.2 Å². The Morgan fingerprint density at radius 1 is 1.07 bits per heavy atom. The Morgan fingerprint density at radius 2 is 1.74 bits per heavy atom. The number of alkyl halides is 3. The molecule has 5 nitrogen and oxygen atoms in total. The first-order valence-corrected chi connectivity index (χ1v) is 9.48. The van der Waals surface area contributed by atoms with E-state index in [1.165, 1.54) is 0 Å². The molecule has 0 aliphatic rings. The Morgan fingerprint density at radius 3 is 2.37 bits per heavy atom. The zero-order chi connectivity index (χ0) is 19.7. The van der Waals surface area contributed by atoms with Gasteiger partial charge in [-0.15, -0.1) is 0 Å². The number of hydrogen-bond donors (Lipinski definition) is 2. The summed E-state index contributed by atoms with van der Waals surface area (Å²) in [4.78, 5) is -0.284. The van der Waals surface area contributed by atoms with Crippen molar-refractivity contribution < 1.29 is 31.1 Å². The van der Waals surface area contributed by atoms with Crippen LogP contribution in [0.25, 0.3) is 11.0 Å². The van der Waals surface area contributed by atoms with Gasteiger partial charge >= 0.3 is 6.18 Å². The molecule has 0 radical (unpaired) electrons. The summed E-state index contributed by atoms with van der Waals surface area (Å²) >= 11 is 0. The van der Waals surface area contributed by atoms with Crippen LogP contribution >= 0.6 is 0 Å². The number of aliphatic hydroxyl groups is 1. The highest BCUT2D eigenvalue weighted by atomic mass is 32.2. The number of aliphatic hydroxyl groups excluding tert-OH is 1. The molecule has 0 unspecified atom stereocenters. The molecular weight excluding hydrogens is 383 g/mol. The lowest BCUT2D eigenvalue weighted by atomic mass is 10.2. The second-order valence-electron chi connectivity index (χ2n) is 5.91. The third kappa shape index (κ3) is 4.49. The van der Waals surface area contributed by atoms with Gasteiger partial charge in [-0.2, -0.15) is 13.2 Å². The van der Waals surface area contributed by atoms with Crippen LogP contribution in [0, 0.1) is 0 Å². The molecule has 0 fully saturated rings. The number of nitrogens with one attached hydrogen (secondary N) is 1. The summed E-state index contributed by atoms with van der Waals surface area (Å²) in [7, 11) is -3.98. The van der Waals surface area contributed by atoms with Gasteiger partial charge in [0, 0.05) is 11.9 Å². The number of para-hydroxylation sites is 1. The molecule has 0 aliphatic carbocycles. The Balaban J connectivity index is 1.61. The maximum atomic E-state index is 12.5. The van der Waals surface area contributed by atoms with Gasteiger partial charge in [0.2, 0.25) is 10.0 Å². The van der Waals surface area contributed by atoms with E-state index in [1.807, 2.05) is 12.1 Å². The molecule has 0 bridgehead atoms. The lowest BCUT2D eigenvalue weighted by Crippen LogP contribution is -2.26. The zero-order valence-electron chi connectivity index (χ0n) is 13.9. The van der Waals surface area contributed by atoms with Crippen molar-refractivity contribution in [2.45, 2.75) is 23.6 Å². The molecule has 0 saturated heterocycles.